The highest BCUT2D eigenvalue weighted by atomic mass is 16.7. The molecule has 1 aromatic heterocycles. The standard InChI is InChI=1S/C30H27N3O5/c34-28(31-15-21-10-11-26-27(14-21)38-19-37-26)18-36-30(35)29-22-8-4-5-9-24(22)32-25-12-13-33(17-23(25)29)16-20-6-2-1-3-7-20/h1-11,14H,12-13,15-19H2,(H,31,34). The second-order valence-corrected chi connectivity index (χ2v) is 9.42. The largest absolute Gasteiger partial charge is 0.454 e. The first kappa shape index (κ1) is 23.9. The maximum Gasteiger partial charge on any atom is 0.339 e. The Morgan fingerprint density at radius 3 is 2.66 bits per heavy atom. The second kappa shape index (κ2) is 10.5. The van der Waals surface area contributed by atoms with E-state index in [1.165, 1.54) is 5.56 Å². The first-order chi connectivity index (χ1) is 18.6. The molecule has 192 valence electrons. The molecule has 0 unspecified atom stereocenters. The van der Waals surface area contributed by atoms with E-state index < -0.39 is 5.97 Å². The van der Waals surface area contributed by atoms with Gasteiger partial charge in [-0.05, 0) is 29.3 Å². The highest BCUT2D eigenvalue weighted by Crippen LogP contribution is 2.32. The van der Waals surface area contributed by atoms with Crippen LogP contribution in [0.1, 0.15) is 32.7 Å². The molecule has 4 aromatic rings. The zero-order valence-corrected chi connectivity index (χ0v) is 20.8. The number of para-hydroxylation sites is 1. The molecule has 0 saturated carbocycles. The molecule has 0 atom stereocenters. The predicted octanol–water partition coefficient (Wildman–Crippen LogP) is 4.00. The number of nitrogens with zero attached hydrogens (tertiary/aromatic N) is 2. The number of rotatable bonds is 7. The first-order valence-electron chi connectivity index (χ1n) is 12.6. The summed E-state index contributed by atoms with van der Waals surface area (Å²) in [6.07, 6.45) is 0.739. The molecule has 2 aliphatic rings. The van der Waals surface area contributed by atoms with Gasteiger partial charge in [-0.1, -0.05) is 54.6 Å². The fourth-order valence-corrected chi connectivity index (χ4v) is 4.96. The molecule has 0 bridgehead atoms. The van der Waals surface area contributed by atoms with Crippen LogP contribution in [0.15, 0.2) is 72.8 Å². The van der Waals surface area contributed by atoms with Crippen molar-refractivity contribution in [2.45, 2.75) is 26.1 Å². The summed E-state index contributed by atoms with van der Waals surface area (Å²) in [5.74, 6) is 0.441. The van der Waals surface area contributed by atoms with Gasteiger partial charge >= 0.3 is 5.97 Å². The van der Waals surface area contributed by atoms with Gasteiger partial charge < -0.3 is 19.5 Å². The van der Waals surface area contributed by atoms with Crippen LogP contribution in [-0.4, -0.2) is 41.7 Å². The van der Waals surface area contributed by atoms with Gasteiger partial charge in [-0.15, -0.1) is 0 Å². The minimum absolute atomic E-state index is 0.193. The lowest BCUT2D eigenvalue weighted by Gasteiger charge is -2.30. The maximum absolute atomic E-state index is 13.4. The van der Waals surface area contributed by atoms with E-state index in [1.54, 1.807) is 0 Å². The summed E-state index contributed by atoms with van der Waals surface area (Å²) in [6.45, 7) is 2.33. The van der Waals surface area contributed by atoms with Crippen molar-refractivity contribution in [1.82, 2.24) is 15.2 Å². The van der Waals surface area contributed by atoms with Gasteiger partial charge in [0.05, 0.1) is 11.1 Å². The molecule has 2 aliphatic heterocycles. The number of carbonyl (C=O) groups excluding carboxylic acids is 2. The Balaban J connectivity index is 1.16. The number of fused-ring (bicyclic) bond motifs is 3. The molecule has 0 radical (unpaired) electrons. The number of nitrogens with one attached hydrogen (secondary N) is 1. The number of esters is 1. The van der Waals surface area contributed by atoms with Crippen molar-refractivity contribution in [3.05, 3.63) is 101 Å². The highest BCUT2D eigenvalue weighted by Gasteiger charge is 2.27. The molecule has 1 N–H and O–H groups in total. The number of hydrogen-bond donors (Lipinski definition) is 1. The molecular weight excluding hydrogens is 482 g/mol. The van der Waals surface area contributed by atoms with Crippen LogP contribution in [0.3, 0.4) is 0 Å². The summed E-state index contributed by atoms with van der Waals surface area (Å²) in [7, 11) is 0. The lowest BCUT2D eigenvalue weighted by molar-refractivity contribution is -0.124. The van der Waals surface area contributed by atoms with E-state index in [2.05, 4.69) is 22.3 Å². The Morgan fingerprint density at radius 1 is 0.947 bits per heavy atom. The van der Waals surface area contributed by atoms with Gasteiger partial charge in [0.1, 0.15) is 0 Å². The van der Waals surface area contributed by atoms with Crippen LogP contribution >= 0.6 is 0 Å². The van der Waals surface area contributed by atoms with Crippen molar-refractivity contribution >= 4 is 22.8 Å². The molecule has 6 rings (SSSR count). The van der Waals surface area contributed by atoms with E-state index in [0.29, 0.717) is 23.6 Å². The van der Waals surface area contributed by atoms with E-state index in [1.807, 2.05) is 60.7 Å². The maximum atomic E-state index is 13.4. The summed E-state index contributed by atoms with van der Waals surface area (Å²) >= 11 is 0. The summed E-state index contributed by atoms with van der Waals surface area (Å²) in [5, 5.41) is 3.53. The number of benzene rings is 3. The van der Waals surface area contributed by atoms with Crippen molar-refractivity contribution in [2.24, 2.45) is 0 Å². The molecule has 3 heterocycles. The lowest BCUT2D eigenvalue weighted by atomic mass is 9.95. The Hall–Kier alpha value is -4.43. The minimum Gasteiger partial charge on any atom is -0.454 e. The van der Waals surface area contributed by atoms with E-state index in [-0.39, 0.29) is 25.9 Å². The third-order valence-electron chi connectivity index (χ3n) is 6.84. The minimum atomic E-state index is -0.514. The van der Waals surface area contributed by atoms with Gasteiger partial charge in [-0.3, -0.25) is 14.7 Å². The highest BCUT2D eigenvalue weighted by molar-refractivity contribution is 6.05. The van der Waals surface area contributed by atoms with Crippen LogP contribution < -0.4 is 14.8 Å². The number of ether oxygens (including phenoxy) is 3. The zero-order valence-electron chi connectivity index (χ0n) is 20.8. The van der Waals surface area contributed by atoms with Crippen LogP contribution in [0.25, 0.3) is 10.9 Å². The predicted molar refractivity (Wildman–Crippen MR) is 141 cm³/mol. The quantitative estimate of drug-likeness (QED) is 0.377. The monoisotopic (exact) mass is 509 g/mol. The van der Waals surface area contributed by atoms with Gasteiger partial charge in [-0.2, -0.15) is 0 Å². The number of carbonyl (C=O) groups is 2. The molecule has 0 aliphatic carbocycles. The third kappa shape index (κ3) is 5.03. The van der Waals surface area contributed by atoms with Gasteiger partial charge in [0.25, 0.3) is 5.91 Å². The average molecular weight is 510 g/mol. The fraction of sp³-hybridized carbons (Fsp3) is 0.233. The third-order valence-corrected chi connectivity index (χ3v) is 6.84. The smallest absolute Gasteiger partial charge is 0.339 e. The zero-order chi connectivity index (χ0) is 25.9. The average Bonchev–Trinajstić information content (AvgIpc) is 3.42. The topological polar surface area (TPSA) is 90.0 Å². The van der Waals surface area contributed by atoms with E-state index in [4.69, 9.17) is 19.2 Å². The van der Waals surface area contributed by atoms with Crippen LogP contribution in [0.2, 0.25) is 0 Å². The second-order valence-electron chi connectivity index (χ2n) is 9.42. The molecule has 1 amide bonds. The normalized spacial score (nSPS) is 14.2. The SMILES string of the molecule is O=C(COC(=O)c1c2c(nc3ccccc13)CCN(Cc1ccccc1)C2)NCc1ccc2c(c1)OCO2. The molecule has 0 fully saturated rings. The Morgan fingerprint density at radius 2 is 1.76 bits per heavy atom. The Kier molecular flexibility index (Phi) is 6.62. The van der Waals surface area contributed by atoms with E-state index in [9.17, 15) is 9.59 Å². The summed E-state index contributed by atoms with van der Waals surface area (Å²) < 4.78 is 16.2. The number of hydrogen-bond acceptors (Lipinski definition) is 7. The van der Waals surface area contributed by atoms with Crippen molar-refractivity contribution in [3.63, 3.8) is 0 Å². The molecule has 3 aromatic carbocycles. The van der Waals surface area contributed by atoms with Gasteiger partial charge in [-0.25, -0.2) is 4.79 Å². The number of pyridine rings is 1. The van der Waals surface area contributed by atoms with Gasteiger partial charge in [0.15, 0.2) is 18.1 Å². The van der Waals surface area contributed by atoms with Crippen molar-refractivity contribution < 1.29 is 23.8 Å². The molecule has 0 saturated heterocycles. The summed E-state index contributed by atoms with van der Waals surface area (Å²) in [6, 6.07) is 23.3. The molecule has 8 heteroatoms. The Bertz CT molecular complexity index is 1510. The van der Waals surface area contributed by atoms with E-state index >= 15 is 0 Å². The van der Waals surface area contributed by atoms with Crippen LogP contribution in [0.4, 0.5) is 0 Å². The lowest BCUT2D eigenvalue weighted by Crippen LogP contribution is -2.33. The summed E-state index contributed by atoms with van der Waals surface area (Å²) in [5.41, 5.74) is 5.10. The number of amides is 1. The van der Waals surface area contributed by atoms with Crippen LogP contribution in [-0.2, 0) is 35.6 Å². The number of aromatic nitrogens is 1. The first-order valence-corrected chi connectivity index (χ1v) is 12.6. The van der Waals surface area contributed by atoms with Crippen molar-refractivity contribution in [3.8, 4) is 11.5 Å². The van der Waals surface area contributed by atoms with E-state index in [0.717, 1.165) is 47.2 Å². The molecule has 38 heavy (non-hydrogen) atoms. The van der Waals surface area contributed by atoms with Crippen LogP contribution in [0.5, 0.6) is 11.5 Å². The molecular formula is C30H27N3O5. The Labute approximate surface area is 220 Å². The van der Waals surface area contributed by atoms with Crippen molar-refractivity contribution in [2.75, 3.05) is 19.9 Å². The van der Waals surface area contributed by atoms with Crippen LogP contribution in [0, 0.1) is 0 Å². The van der Waals surface area contributed by atoms with Crippen molar-refractivity contribution in [1.29, 1.82) is 0 Å². The molecule has 0 spiro atoms. The van der Waals surface area contributed by atoms with Gasteiger partial charge in [0, 0.05) is 49.2 Å². The molecule has 8 nitrogen and oxygen atoms in total. The summed E-state index contributed by atoms with van der Waals surface area (Å²) in [4.78, 5) is 33.1. The fourth-order valence-electron chi connectivity index (χ4n) is 4.96. The van der Waals surface area contributed by atoms with Gasteiger partial charge in [0.2, 0.25) is 6.79 Å².